The summed E-state index contributed by atoms with van der Waals surface area (Å²) in [5, 5.41) is 19.7. The molecule has 3 fully saturated rings. The van der Waals surface area contributed by atoms with Crippen molar-refractivity contribution in [2.45, 2.75) is 54.2 Å². The number of amides is 4. The van der Waals surface area contributed by atoms with E-state index in [1.807, 2.05) is 0 Å². The van der Waals surface area contributed by atoms with Crippen LogP contribution in [0, 0.1) is 52.7 Å². The number of halogens is 8. The van der Waals surface area contributed by atoms with Crippen LogP contribution in [0.25, 0.3) is 0 Å². The number of carbonyl (C=O) groups is 5. The molecule has 0 aromatic heterocycles. The maximum atomic E-state index is 15.1. The number of aromatic hydroxyl groups is 1. The average molecular weight is 733 g/mol. The number of allylic oxidation sites excluding steroid dienone is 2. The molecule has 2 aromatic carbocycles. The molecule has 2 aromatic rings. The summed E-state index contributed by atoms with van der Waals surface area (Å²) in [6.07, 6.45) is 1.34. The molecule has 0 spiro atoms. The van der Waals surface area contributed by atoms with Gasteiger partial charge < -0.3 is 10.2 Å². The number of phenolic OH excluding ortho intramolecular Hbond substituents is 1. The van der Waals surface area contributed by atoms with Crippen LogP contribution in [-0.4, -0.2) is 61.0 Å². The van der Waals surface area contributed by atoms with Gasteiger partial charge in [-0.2, -0.15) is 0 Å². The topological polar surface area (TPSA) is 132 Å². The smallest absolute Gasteiger partial charge is 0.303 e. The molecule has 9 nitrogen and oxygen atoms in total. The van der Waals surface area contributed by atoms with Gasteiger partial charge in [-0.05, 0) is 37.7 Å². The van der Waals surface area contributed by atoms with Crippen LogP contribution in [0.3, 0.4) is 0 Å². The van der Waals surface area contributed by atoms with E-state index < -0.39 is 121 Å². The Labute approximate surface area is 283 Å². The number of likely N-dealkylation sites (tertiary alicyclic amines) is 1. The first-order chi connectivity index (χ1) is 23.0. The predicted molar refractivity (Wildman–Crippen MR) is 157 cm³/mol. The Balaban J connectivity index is 1.48. The molecule has 2 N–H and O–H groups in total. The van der Waals surface area contributed by atoms with Crippen molar-refractivity contribution in [2.75, 3.05) is 11.4 Å². The number of anilines is 1. The third-order valence-corrected chi connectivity index (χ3v) is 11.3. The Morgan fingerprint density at radius 1 is 0.857 bits per heavy atom. The normalized spacial score (nSPS) is 29.3. The summed E-state index contributed by atoms with van der Waals surface area (Å²) in [6, 6.07) is 3.06. The van der Waals surface area contributed by atoms with Crippen molar-refractivity contribution in [3.05, 3.63) is 70.3 Å². The number of hydrogen-bond acceptors (Lipinski definition) is 6. The number of alkyl halides is 2. The molecule has 2 aliphatic heterocycles. The SMILES string of the molecule is O=C(O)CCCCCN1C(=O)[C@H]2[C@H](CC=C3[C@H]2C[C@@]2(Cl)C(=O)N(c4c(F)c(F)c(F)c(F)c4F)C(=O)[C@@]2(Cl)[C@H]3c2cccc(F)c2O)C1=O. The number of hydrogen-bond donors (Lipinski definition) is 2. The summed E-state index contributed by atoms with van der Waals surface area (Å²) >= 11 is 13.9. The molecule has 0 bridgehead atoms. The van der Waals surface area contributed by atoms with Gasteiger partial charge in [-0.15, -0.1) is 23.2 Å². The quantitative estimate of drug-likeness (QED) is 0.0704. The van der Waals surface area contributed by atoms with E-state index in [0.717, 1.165) is 23.1 Å². The first kappa shape index (κ1) is 34.7. The number of aliphatic carboxylic acids is 1. The lowest BCUT2D eigenvalue weighted by Crippen LogP contribution is -2.60. The second kappa shape index (κ2) is 12.0. The summed E-state index contributed by atoms with van der Waals surface area (Å²) < 4.78 is 87.6. The van der Waals surface area contributed by atoms with Crippen LogP contribution in [0.1, 0.15) is 50.0 Å². The molecular formula is C32H24Cl2F6N2O7. The van der Waals surface area contributed by atoms with Crippen molar-refractivity contribution in [3.8, 4) is 5.75 Å². The summed E-state index contributed by atoms with van der Waals surface area (Å²) in [4.78, 5) is 61.4. The molecule has 49 heavy (non-hydrogen) atoms. The third kappa shape index (κ3) is 4.78. The van der Waals surface area contributed by atoms with E-state index in [2.05, 4.69) is 0 Å². The minimum Gasteiger partial charge on any atom is -0.505 e. The fourth-order valence-electron chi connectivity index (χ4n) is 7.69. The van der Waals surface area contributed by atoms with Crippen molar-refractivity contribution in [1.29, 1.82) is 0 Å². The molecule has 2 saturated heterocycles. The lowest BCUT2D eigenvalue weighted by atomic mass is 9.56. The van der Waals surface area contributed by atoms with Crippen LogP contribution in [-0.2, 0) is 24.0 Å². The van der Waals surface area contributed by atoms with Crippen LogP contribution >= 0.6 is 23.2 Å². The third-order valence-electron chi connectivity index (χ3n) is 9.91. The first-order valence-corrected chi connectivity index (χ1v) is 15.8. The number of benzene rings is 2. The molecular weight excluding hydrogens is 709 g/mol. The van der Waals surface area contributed by atoms with Gasteiger partial charge in [-0.25, -0.2) is 31.2 Å². The van der Waals surface area contributed by atoms with Gasteiger partial charge in [0.1, 0.15) is 5.69 Å². The van der Waals surface area contributed by atoms with Crippen LogP contribution in [0.15, 0.2) is 29.8 Å². The van der Waals surface area contributed by atoms with Crippen molar-refractivity contribution >= 4 is 58.5 Å². The van der Waals surface area contributed by atoms with E-state index in [1.165, 1.54) is 6.08 Å². The number of fused-ring (bicyclic) bond motifs is 4. The largest absolute Gasteiger partial charge is 0.505 e. The summed E-state index contributed by atoms with van der Waals surface area (Å²) in [7, 11) is 0. The Kier molecular flexibility index (Phi) is 8.54. The maximum absolute atomic E-state index is 15.1. The lowest BCUT2D eigenvalue weighted by molar-refractivity contribution is -0.141. The molecule has 0 radical (unpaired) electrons. The Morgan fingerprint density at radius 3 is 2.12 bits per heavy atom. The number of carboxylic acids is 1. The first-order valence-electron chi connectivity index (χ1n) is 15.0. The Bertz CT molecular complexity index is 1860. The summed E-state index contributed by atoms with van der Waals surface area (Å²) in [5.41, 5.74) is -2.35. The number of nitrogens with zero attached hydrogens (tertiary/aromatic N) is 2. The van der Waals surface area contributed by atoms with Gasteiger partial charge >= 0.3 is 5.97 Å². The van der Waals surface area contributed by atoms with Crippen LogP contribution < -0.4 is 4.90 Å². The van der Waals surface area contributed by atoms with Gasteiger partial charge in [0, 0.05) is 24.4 Å². The van der Waals surface area contributed by atoms with E-state index in [0.29, 0.717) is 6.42 Å². The number of unbranched alkanes of at least 4 members (excludes halogenated alkanes) is 2. The molecule has 260 valence electrons. The van der Waals surface area contributed by atoms with E-state index in [9.17, 15) is 46.6 Å². The lowest BCUT2D eigenvalue weighted by Gasteiger charge is -2.50. The van der Waals surface area contributed by atoms with Crippen LogP contribution in [0.4, 0.5) is 32.0 Å². The fourth-order valence-corrected chi connectivity index (χ4v) is 8.61. The van der Waals surface area contributed by atoms with Gasteiger partial charge in [0.2, 0.25) is 17.6 Å². The highest BCUT2D eigenvalue weighted by molar-refractivity contribution is 6.58. The molecule has 2 aliphatic carbocycles. The number of carboxylic acid groups (broad SMARTS) is 1. The van der Waals surface area contributed by atoms with Gasteiger partial charge in [0.15, 0.2) is 44.6 Å². The zero-order valence-electron chi connectivity index (χ0n) is 24.9. The van der Waals surface area contributed by atoms with Gasteiger partial charge in [-0.1, -0.05) is 30.2 Å². The molecule has 6 rings (SSSR count). The highest BCUT2D eigenvalue weighted by atomic mass is 35.5. The number of phenols is 1. The van der Waals surface area contributed by atoms with Crippen LogP contribution in [0.5, 0.6) is 5.75 Å². The zero-order valence-corrected chi connectivity index (χ0v) is 26.4. The number of carbonyl (C=O) groups excluding carboxylic acids is 4. The minimum atomic E-state index is -2.90. The predicted octanol–water partition coefficient (Wildman–Crippen LogP) is 5.44. The summed E-state index contributed by atoms with van der Waals surface area (Å²) in [6.45, 7) is -0.0721. The van der Waals surface area contributed by atoms with E-state index in [1.54, 1.807) is 0 Å². The fraction of sp³-hybridized carbons (Fsp3) is 0.406. The van der Waals surface area contributed by atoms with E-state index >= 15 is 8.78 Å². The highest BCUT2D eigenvalue weighted by Gasteiger charge is 2.77. The van der Waals surface area contributed by atoms with Gasteiger partial charge in [0.25, 0.3) is 11.8 Å². The van der Waals surface area contributed by atoms with E-state index in [4.69, 9.17) is 28.3 Å². The second-order valence-electron chi connectivity index (χ2n) is 12.4. The Hall–Kier alpha value is -4.11. The molecule has 4 aliphatic rings. The van der Waals surface area contributed by atoms with Gasteiger partial charge in [-0.3, -0.25) is 28.9 Å². The minimum absolute atomic E-state index is 0.0540. The monoisotopic (exact) mass is 732 g/mol. The molecule has 0 unspecified atom stereocenters. The maximum Gasteiger partial charge on any atom is 0.303 e. The molecule has 17 heteroatoms. The number of para-hydroxylation sites is 1. The Morgan fingerprint density at radius 2 is 1.49 bits per heavy atom. The zero-order chi connectivity index (χ0) is 35.9. The van der Waals surface area contributed by atoms with Crippen molar-refractivity contribution in [3.63, 3.8) is 0 Å². The second-order valence-corrected chi connectivity index (χ2v) is 13.6. The number of rotatable bonds is 8. The molecule has 1 saturated carbocycles. The summed E-state index contributed by atoms with van der Waals surface area (Å²) in [5.74, 6) is -26.0. The van der Waals surface area contributed by atoms with Crippen LogP contribution in [0.2, 0.25) is 0 Å². The van der Waals surface area contributed by atoms with E-state index in [-0.39, 0.29) is 42.7 Å². The molecule has 2 heterocycles. The number of imide groups is 2. The standard InChI is InChI=1S/C32H24Cl2F6N2O7/c33-31-11-15-12(8-9-13-18(15)28(47)41(27(13)46)10-3-1-2-7-17(43)44)19(14-5-4-6-16(35)26(14)45)32(31,34)30(49)42(29(31)48)25-23(39)21(37)20(36)22(38)24(25)40/h4-6,8,13,15,18-19,45H,1-3,7,9-11H2,(H,43,44)/t13-,15+,18-,19+,31+,32-/m0/s1. The van der Waals surface area contributed by atoms with Crippen molar-refractivity contribution < 1.29 is 60.5 Å². The molecule has 4 amide bonds. The highest BCUT2D eigenvalue weighted by Crippen LogP contribution is 2.66. The van der Waals surface area contributed by atoms with Gasteiger partial charge in [0.05, 0.1) is 11.8 Å². The molecule has 6 atom stereocenters. The van der Waals surface area contributed by atoms with Crippen molar-refractivity contribution in [1.82, 2.24) is 4.90 Å². The average Bonchev–Trinajstić information content (AvgIpc) is 3.38. The van der Waals surface area contributed by atoms with Crippen molar-refractivity contribution in [2.24, 2.45) is 17.8 Å².